The summed E-state index contributed by atoms with van der Waals surface area (Å²) >= 11 is 5.44. The third-order valence-corrected chi connectivity index (χ3v) is 6.85. The number of halogens is 3. The Morgan fingerprint density at radius 1 is 0.968 bits per heavy atom. The monoisotopic (exact) mass is 776 g/mol. The molecule has 4 N–H and O–H groups in total. The third kappa shape index (κ3) is 8.13. The lowest BCUT2D eigenvalue weighted by Crippen LogP contribution is -2.39. The van der Waals surface area contributed by atoms with E-state index in [1.54, 1.807) is 22.6 Å². The molecule has 0 bridgehead atoms. The van der Waals surface area contributed by atoms with Crippen molar-refractivity contribution < 1.29 is 43.2 Å². The molecule has 1 aromatic rings. The maximum atomic E-state index is 12.8. The highest BCUT2D eigenvalue weighted by Gasteiger charge is 2.27. The van der Waals surface area contributed by atoms with Crippen LogP contribution in [0.25, 0.3) is 0 Å². The summed E-state index contributed by atoms with van der Waals surface area (Å²) in [6.07, 6.45) is -1.01. The van der Waals surface area contributed by atoms with Crippen LogP contribution in [0.4, 0.5) is 5.69 Å². The number of carbonyl (C=O) groups is 4. The van der Waals surface area contributed by atoms with E-state index in [0.717, 1.165) is 0 Å². The molecule has 0 saturated heterocycles. The van der Waals surface area contributed by atoms with Gasteiger partial charge in [-0.25, -0.2) is 14.4 Å². The lowest BCUT2D eigenvalue weighted by molar-refractivity contribution is -0.163. The van der Waals surface area contributed by atoms with Gasteiger partial charge in [0.25, 0.3) is 5.91 Å². The predicted molar refractivity (Wildman–Crippen MR) is 133 cm³/mol. The molecule has 0 radical (unpaired) electrons. The summed E-state index contributed by atoms with van der Waals surface area (Å²) in [5.41, 5.74) is 6.14. The van der Waals surface area contributed by atoms with E-state index < -0.39 is 29.9 Å². The molecular weight excluding hydrogens is 757 g/mol. The molecule has 11 nitrogen and oxygen atoms in total. The predicted octanol–water partition coefficient (Wildman–Crippen LogP) is 1.26. The number of carboxylic acid groups (broad SMARTS) is 1. The second kappa shape index (κ2) is 13.5. The first kappa shape index (κ1) is 28.0. The van der Waals surface area contributed by atoms with Crippen LogP contribution >= 0.6 is 67.8 Å². The summed E-state index contributed by atoms with van der Waals surface area (Å²) in [4.78, 5) is 47.7. The molecule has 0 heterocycles. The van der Waals surface area contributed by atoms with Crippen LogP contribution in [0.15, 0.2) is 0 Å². The highest BCUT2D eigenvalue weighted by Crippen LogP contribution is 2.33. The molecule has 1 amide bonds. The first-order chi connectivity index (χ1) is 14.5. The Labute approximate surface area is 218 Å². The number of rotatable bonds is 11. The third-order valence-electron chi connectivity index (χ3n) is 3.53. The van der Waals surface area contributed by atoms with E-state index in [1.165, 1.54) is 14.2 Å². The fraction of sp³-hybridized carbons (Fsp3) is 0.412. The zero-order valence-corrected chi connectivity index (χ0v) is 22.8. The first-order valence-electron chi connectivity index (χ1n) is 8.35. The van der Waals surface area contributed by atoms with Gasteiger partial charge in [-0.2, -0.15) is 0 Å². The zero-order valence-electron chi connectivity index (χ0n) is 16.3. The van der Waals surface area contributed by atoms with Crippen LogP contribution in [0.3, 0.4) is 0 Å². The minimum absolute atomic E-state index is 0.0786. The van der Waals surface area contributed by atoms with Gasteiger partial charge in [0.1, 0.15) is 19.8 Å². The van der Waals surface area contributed by atoms with Gasteiger partial charge in [0.2, 0.25) is 0 Å². The number of esters is 2. The van der Waals surface area contributed by atoms with Gasteiger partial charge in [-0.1, -0.05) is 0 Å². The lowest BCUT2D eigenvalue weighted by Gasteiger charge is -2.20. The van der Waals surface area contributed by atoms with E-state index in [0.29, 0.717) is 7.14 Å². The molecule has 1 aromatic carbocycles. The number of hydrogen-bond acceptors (Lipinski definition) is 9. The Morgan fingerprint density at radius 2 is 1.52 bits per heavy atom. The van der Waals surface area contributed by atoms with Gasteiger partial charge in [-0.3, -0.25) is 4.79 Å². The normalized spacial score (nSPS) is 11.5. The van der Waals surface area contributed by atoms with E-state index in [2.05, 4.69) is 10.1 Å². The molecule has 1 atom stereocenters. The molecule has 0 spiro atoms. The number of anilines is 1. The summed E-state index contributed by atoms with van der Waals surface area (Å²) in [5, 5.41) is 12.0. The second-order valence-electron chi connectivity index (χ2n) is 5.78. The van der Waals surface area contributed by atoms with Crippen molar-refractivity contribution in [2.24, 2.45) is 0 Å². The van der Waals surface area contributed by atoms with Crippen molar-refractivity contribution in [2.75, 3.05) is 46.3 Å². The number of nitrogen functional groups attached to an aromatic ring is 1. The molecule has 1 unspecified atom stereocenters. The number of aromatic carboxylic acids is 1. The molecule has 172 valence electrons. The summed E-state index contributed by atoms with van der Waals surface area (Å²) in [6.45, 7) is -1.17. The van der Waals surface area contributed by atoms with Gasteiger partial charge >= 0.3 is 17.9 Å². The number of ether oxygens (including phenoxy) is 4. The summed E-state index contributed by atoms with van der Waals surface area (Å²) in [7, 11) is 2.63. The van der Waals surface area contributed by atoms with Gasteiger partial charge < -0.3 is 35.1 Å². The van der Waals surface area contributed by atoms with Gasteiger partial charge in [-0.05, 0) is 67.8 Å². The topological polar surface area (TPSA) is 163 Å². The highest BCUT2D eigenvalue weighted by atomic mass is 127. The van der Waals surface area contributed by atoms with E-state index in [-0.39, 0.29) is 46.7 Å². The van der Waals surface area contributed by atoms with E-state index in [9.17, 15) is 24.3 Å². The van der Waals surface area contributed by atoms with Crippen LogP contribution in [-0.4, -0.2) is 75.6 Å². The molecule has 14 heteroatoms. The van der Waals surface area contributed by atoms with Crippen LogP contribution in [0.2, 0.25) is 0 Å². The molecule has 0 saturated carbocycles. The van der Waals surface area contributed by atoms with Crippen molar-refractivity contribution in [3.05, 3.63) is 21.8 Å². The zero-order chi connectivity index (χ0) is 23.7. The van der Waals surface area contributed by atoms with Gasteiger partial charge in [-0.15, -0.1) is 0 Å². The second-order valence-corrected chi connectivity index (χ2v) is 9.02. The fourth-order valence-corrected chi connectivity index (χ4v) is 6.30. The number of hydrogen-bond donors (Lipinski definition) is 3. The van der Waals surface area contributed by atoms with E-state index >= 15 is 0 Å². The Morgan fingerprint density at radius 3 is 2.06 bits per heavy atom. The van der Waals surface area contributed by atoms with Crippen molar-refractivity contribution in [1.82, 2.24) is 5.32 Å². The number of methoxy groups -OCH3 is 2. The van der Waals surface area contributed by atoms with E-state index in [1.807, 2.05) is 45.2 Å². The molecule has 0 aliphatic rings. The highest BCUT2D eigenvalue weighted by molar-refractivity contribution is 14.1. The maximum absolute atomic E-state index is 12.8. The molecule has 1 rings (SSSR count). The summed E-state index contributed by atoms with van der Waals surface area (Å²) in [5.74, 6) is -3.25. The fourth-order valence-electron chi connectivity index (χ4n) is 2.18. The van der Waals surface area contributed by atoms with E-state index in [4.69, 9.17) is 19.9 Å². The molecular formula is C17H19I3N2O9. The average molecular weight is 776 g/mol. The number of benzene rings is 1. The molecule has 0 aromatic heterocycles. The lowest BCUT2D eigenvalue weighted by atomic mass is 10.1. The average Bonchev–Trinajstić information content (AvgIpc) is 2.68. The van der Waals surface area contributed by atoms with Gasteiger partial charge in [0, 0.05) is 17.8 Å². The van der Waals surface area contributed by atoms with Crippen molar-refractivity contribution in [3.63, 3.8) is 0 Å². The van der Waals surface area contributed by atoms with Crippen LogP contribution < -0.4 is 11.1 Å². The Bertz CT molecular complexity index is 864. The Hall–Kier alpha value is -0.990. The van der Waals surface area contributed by atoms with Crippen LogP contribution in [-0.2, 0) is 28.5 Å². The smallest absolute Gasteiger partial charge is 0.337 e. The number of carboxylic acids is 1. The molecule has 0 aliphatic heterocycles. The van der Waals surface area contributed by atoms with Gasteiger partial charge in [0.15, 0.2) is 6.10 Å². The van der Waals surface area contributed by atoms with Crippen molar-refractivity contribution in [2.45, 2.75) is 6.10 Å². The number of carbonyl (C=O) groups excluding carboxylic acids is 3. The first-order valence-corrected chi connectivity index (χ1v) is 11.6. The minimum Gasteiger partial charge on any atom is -0.478 e. The van der Waals surface area contributed by atoms with Crippen molar-refractivity contribution >= 4 is 97.3 Å². The van der Waals surface area contributed by atoms with Gasteiger partial charge in [0.05, 0.1) is 30.5 Å². The van der Waals surface area contributed by atoms with Crippen molar-refractivity contribution in [3.8, 4) is 0 Å². The molecule has 31 heavy (non-hydrogen) atoms. The number of nitrogens with one attached hydrogen (secondary N) is 1. The summed E-state index contributed by atoms with van der Waals surface area (Å²) < 4.78 is 20.4. The quantitative estimate of drug-likeness (QED) is 0.170. The van der Waals surface area contributed by atoms with Crippen LogP contribution in [0.5, 0.6) is 0 Å². The Kier molecular flexibility index (Phi) is 12.2. The summed E-state index contributed by atoms with van der Waals surface area (Å²) in [6, 6.07) is 0. The van der Waals surface area contributed by atoms with Crippen molar-refractivity contribution in [1.29, 1.82) is 0 Å². The molecule has 0 fully saturated rings. The number of amides is 1. The SMILES string of the molecule is COCC(=O)OCC(CNC(=O)c1c(I)c(N)c(I)c(C(=O)O)c1I)OC(=O)COC. The minimum atomic E-state index is -1.22. The van der Waals surface area contributed by atoms with Crippen LogP contribution in [0, 0.1) is 10.7 Å². The molecule has 0 aliphatic carbocycles. The number of nitrogens with two attached hydrogens (primary N) is 1. The maximum Gasteiger partial charge on any atom is 0.337 e. The Balaban J connectivity index is 3.04. The standard InChI is InChI=1S/C17H19I3N2O9/c1-28-5-8(23)30-4-7(31-9(24)6-29-2)3-22-16(25)10-12(18)11(17(26)27)14(20)15(21)13(10)19/h7H,3-6,21H2,1-2H3,(H,22,25)(H,26,27). The largest absolute Gasteiger partial charge is 0.478 e. The van der Waals surface area contributed by atoms with Crippen LogP contribution in [0.1, 0.15) is 20.7 Å².